The van der Waals surface area contributed by atoms with Gasteiger partial charge in [-0.15, -0.1) is 0 Å². The normalized spacial score (nSPS) is 11.7. The van der Waals surface area contributed by atoms with Crippen LogP contribution in [0.4, 0.5) is 4.39 Å². The minimum absolute atomic E-state index is 0.112. The Labute approximate surface area is 192 Å². The topological polar surface area (TPSA) is 111 Å². The largest absolute Gasteiger partial charge is 0.481 e. The average molecular weight is 469 g/mol. The summed E-state index contributed by atoms with van der Waals surface area (Å²) in [6.45, 7) is -0.464. The van der Waals surface area contributed by atoms with E-state index in [-0.39, 0.29) is 19.7 Å². The van der Waals surface area contributed by atoms with Crippen LogP contribution < -0.4 is 4.74 Å². The van der Waals surface area contributed by atoms with Gasteiger partial charge in [0.2, 0.25) is 0 Å². The molecule has 0 spiro atoms. The van der Waals surface area contributed by atoms with Crippen LogP contribution in [-0.4, -0.2) is 44.5 Å². The smallest absolute Gasteiger partial charge is 0.341 e. The van der Waals surface area contributed by atoms with Crippen molar-refractivity contribution < 1.29 is 28.3 Å². The number of carboxylic acid groups (broad SMARTS) is 1. The van der Waals surface area contributed by atoms with Gasteiger partial charge in [-0.1, -0.05) is 18.2 Å². The lowest BCUT2D eigenvalue weighted by Crippen LogP contribution is -2.28. The molecule has 3 rings (SSSR count). The Bertz CT molecular complexity index is 1190. The third-order valence-electron chi connectivity index (χ3n) is 4.66. The minimum Gasteiger partial charge on any atom is -0.481 e. The Hall–Kier alpha value is -3.58. The number of carboxylic acids is 1. The lowest BCUT2D eigenvalue weighted by Gasteiger charge is -2.21. The first-order valence-corrected chi connectivity index (χ1v) is 11.0. The quantitative estimate of drug-likeness (QED) is 0.472. The number of nitrogens with zero attached hydrogens (tertiary/aromatic N) is 2. The molecule has 170 valence electrons. The third kappa shape index (κ3) is 6.46. The third-order valence-corrected chi connectivity index (χ3v) is 6.11. The molecule has 7 nitrogen and oxygen atoms in total. The monoisotopic (exact) mass is 468 g/mol. The highest BCUT2D eigenvalue weighted by molar-refractivity contribution is 7.82. The fraction of sp³-hybridized carbons (Fsp3) is 0.167. The van der Waals surface area contributed by atoms with Gasteiger partial charge in [-0.2, -0.15) is 5.26 Å². The zero-order valence-electron chi connectivity index (χ0n) is 17.5. The summed E-state index contributed by atoms with van der Waals surface area (Å²) in [4.78, 5) is 11.4. The maximum absolute atomic E-state index is 13.2. The van der Waals surface area contributed by atoms with E-state index in [2.05, 4.69) is 6.07 Å². The summed E-state index contributed by atoms with van der Waals surface area (Å²) in [6.07, 6.45) is 0. The van der Waals surface area contributed by atoms with Gasteiger partial charge in [0.1, 0.15) is 22.6 Å². The van der Waals surface area contributed by atoms with Gasteiger partial charge in [-0.3, -0.25) is 0 Å². The Morgan fingerprint density at radius 3 is 2.55 bits per heavy atom. The summed E-state index contributed by atoms with van der Waals surface area (Å²) in [7, 11) is -1.65. The molecule has 0 fully saturated rings. The highest BCUT2D eigenvalue weighted by Gasteiger charge is 2.17. The molecular formula is C24H21FN2O5S. The number of ether oxygens (including phenoxy) is 1. The van der Waals surface area contributed by atoms with E-state index in [1.165, 1.54) is 28.6 Å². The van der Waals surface area contributed by atoms with Crippen LogP contribution in [0.15, 0.2) is 71.6 Å². The maximum atomic E-state index is 13.2. The molecule has 0 saturated carbocycles. The Kier molecular flexibility index (Phi) is 8.27. The number of nitriles is 1. The summed E-state index contributed by atoms with van der Waals surface area (Å²) < 4.78 is 33.2. The van der Waals surface area contributed by atoms with Crippen molar-refractivity contribution in [2.24, 2.45) is 0 Å². The number of hydrogen-bond donors (Lipinski definition) is 2. The van der Waals surface area contributed by atoms with Crippen LogP contribution in [0.2, 0.25) is 0 Å². The molecular weight excluding hydrogens is 447 g/mol. The predicted octanol–water partition coefficient (Wildman–Crippen LogP) is 3.34. The molecule has 0 amide bonds. The molecule has 3 aromatic carbocycles. The van der Waals surface area contributed by atoms with Crippen molar-refractivity contribution in [2.75, 3.05) is 19.8 Å². The van der Waals surface area contributed by atoms with E-state index < -0.39 is 29.4 Å². The number of aliphatic carboxylic acids is 1. The second-order valence-electron chi connectivity index (χ2n) is 7.00. The zero-order chi connectivity index (χ0) is 23.8. The number of aliphatic hydroxyl groups excluding tert-OH is 1. The number of benzene rings is 3. The number of halogens is 1. The Morgan fingerprint density at radius 1 is 1.12 bits per heavy atom. The second kappa shape index (κ2) is 11.3. The van der Waals surface area contributed by atoms with Crippen molar-refractivity contribution in [1.29, 1.82) is 5.26 Å². The standard InChI is InChI=1S/C24H21FN2O5S/c25-20-5-7-21(8-6-20)33(31)27(10-11-28)15-18-4-9-23(32-16-24(29)30)22(13-18)19-3-1-2-17(12-19)14-26/h1-9,12-13,28H,10-11,15-16H2,(H,29,30). The molecule has 0 aromatic heterocycles. The number of hydrogen-bond acceptors (Lipinski definition) is 5. The molecule has 0 aliphatic rings. The molecule has 0 aliphatic carbocycles. The second-order valence-corrected chi connectivity index (χ2v) is 8.48. The van der Waals surface area contributed by atoms with Crippen molar-refractivity contribution in [3.8, 4) is 22.9 Å². The molecule has 9 heteroatoms. The van der Waals surface area contributed by atoms with E-state index in [4.69, 9.17) is 9.84 Å². The van der Waals surface area contributed by atoms with E-state index in [1.807, 2.05) is 0 Å². The molecule has 1 unspecified atom stereocenters. The predicted molar refractivity (Wildman–Crippen MR) is 120 cm³/mol. The van der Waals surface area contributed by atoms with Gasteiger partial charge in [0.15, 0.2) is 6.61 Å². The van der Waals surface area contributed by atoms with Crippen molar-refractivity contribution >= 4 is 17.0 Å². The van der Waals surface area contributed by atoms with Crippen LogP contribution in [0.5, 0.6) is 5.75 Å². The first kappa shape index (κ1) is 24.1. The molecule has 1 atom stereocenters. The summed E-state index contributed by atoms with van der Waals surface area (Å²) in [5.41, 5.74) is 2.38. The van der Waals surface area contributed by atoms with Gasteiger partial charge in [0, 0.05) is 18.7 Å². The lowest BCUT2D eigenvalue weighted by molar-refractivity contribution is -0.139. The van der Waals surface area contributed by atoms with Gasteiger partial charge in [0.25, 0.3) is 0 Å². The van der Waals surface area contributed by atoms with Crippen LogP contribution in [0, 0.1) is 17.1 Å². The van der Waals surface area contributed by atoms with Crippen molar-refractivity contribution in [3.05, 3.63) is 83.7 Å². The highest BCUT2D eigenvalue weighted by atomic mass is 32.2. The summed E-state index contributed by atoms with van der Waals surface area (Å²) in [6, 6.07) is 19.3. The summed E-state index contributed by atoms with van der Waals surface area (Å²) >= 11 is 0. The molecule has 0 radical (unpaired) electrons. The van der Waals surface area contributed by atoms with Gasteiger partial charge in [0.05, 0.1) is 23.1 Å². The molecule has 0 saturated heterocycles. The van der Waals surface area contributed by atoms with E-state index >= 15 is 0 Å². The summed E-state index contributed by atoms with van der Waals surface area (Å²) in [5, 5.41) is 27.7. The Balaban J connectivity index is 1.95. The fourth-order valence-corrected chi connectivity index (χ4v) is 4.34. The minimum atomic E-state index is -1.65. The van der Waals surface area contributed by atoms with E-state index in [0.717, 1.165) is 5.56 Å². The number of carbonyl (C=O) groups is 1. The van der Waals surface area contributed by atoms with Crippen LogP contribution >= 0.6 is 0 Å². The first-order valence-electron chi connectivity index (χ1n) is 9.92. The highest BCUT2D eigenvalue weighted by Crippen LogP contribution is 2.32. The van der Waals surface area contributed by atoms with Crippen LogP contribution in [0.1, 0.15) is 11.1 Å². The SMILES string of the molecule is N#Cc1cccc(-c2cc(CN(CCO)S(=O)c3ccc(F)cc3)ccc2OCC(=O)O)c1. The zero-order valence-corrected chi connectivity index (χ0v) is 18.3. The molecule has 0 aliphatic heterocycles. The van der Waals surface area contributed by atoms with E-state index in [9.17, 15) is 23.8 Å². The van der Waals surface area contributed by atoms with Gasteiger partial charge < -0.3 is 14.9 Å². The van der Waals surface area contributed by atoms with Gasteiger partial charge >= 0.3 is 5.97 Å². The fourth-order valence-electron chi connectivity index (χ4n) is 3.16. The first-order chi connectivity index (χ1) is 15.9. The summed E-state index contributed by atoms with van der Waals surface area (Å²) in [5.74, 6) is -1.24. The molecule has 33 heavy (non-hydrogen) atoms. The maximum Gasteiger partial charge on any atom is 0.341 e. The van der Waals surface area contributed by atoms with Crippen molar-refractivity contribution in [1.82, 2.24) is 4.31 Å². The number of rotatable bonds is 10. The van der Waals surface area contributed by atoms with Crippen LogP contribution in [-0.2, 0) is 22.3 Å². The van der Waals surface area contributed by atoms with Gasteiger partial charge in [-0.25, -0.2) is 17.7 Å². The molecule has 0 bridgehead atoms. The van der Waals surface area contributed by atoms with E-state index in [1.54, 1.807) is 42.5 Å². The van der Waals surface area contributed by atoms with Crippen LogP contribution in [0.3, 0.4) is 0 Å². The average Bonchev–Trinajstić information content (AvgIpc) is 2.83. The van der Waals surface area contributed by atoms with Gasteiger partial charge in [-0.05, 0) is 59.7 Å². The van der Waals surface area contributed by atoms with Crippen LogP contribution in [0.25, 0.3) is 11.1 Å². The molecule has 2 N–H and O–H groups in total. The molecule has 0 heterocycles. The molecule has 3 aromatic rings. The van der Waals surface area contributed by atoms with Crippen molar-refractivity contribution in [3.63, 3.8) is 0 Å². The lowest BCUT2D eigenvalue weighted by atomic mass is 10.00. The van der Waals surface area contributed by atoms with Crippen molar-refractivity contribution in [2.45, 2.75) is 11.4 Å². The van der Waals surface area contributed by atoms with E-state index in [0.29, 0.717) is 27.3 Å². The number of aliphatic hydroxyl groups is 1. The Morgan fingerprint density at radius 2 is 1.88 bits per heavy atom.